The first-order valence-electron chi connectivity index (χ1n) is 6.59. The Labute approximate surface area is 108 Å². The van der Waals surface area contributed by atoms with E-state index in [0.29, 0.717) is 0 Å². The smallest absolute Gasteiger partial charge is 0.0897 e. The van der Waals surface area contributed by atoms with Gasteiger partial charge in [-0.1, -0.05) is 12.8 Å². The molecule has 3 N–H and O–H groups in total. The van der Waals surface area contributed by atoms with Crippen molar-refractivity contribution in [2.75, 3.05) is 13.1 Å². The molecule has 0 amide bonds. The van der Waals surface area contributed by atoms with Crippen molar-refractivity contribution in [3.8, 4) is 0 Å². The van der Waals surface area contributed by atoms with Crippen LogP contribution in [0.15, 0.2) is 5.38 Å². The molecule has 2 rings (SSSR count). The Morgan fingerprint density at radius 3 is 2.82 bits per heavy atom. The van der Waals surface area contributed by atoms with Crippen molar-refractivity contribution in [2.24, 2.45) is 5.73 Å². The van der Waals surface area contributed by atoms with Crippen molar-refractivity contribution < 1.29 is 0 Å². The van der Waals surface area contributed by atoms with Crippen LogP contribution in [0.25, 0.3) is 0 Å². The van der Waals surface area contributed by atoms with Gasteiger partial charge < -0.3 is 11.1 Å². The van der Waals surface area contributed by atoms with Crippen molar-refractivity contribution in [1.82, 2.24) is 10.3 Å². The van der Waals surface area contributed by atoms with Gasteiger partial charge in [-0.25, -0.2) is 4.98 Å². The first-order valence-corrected chi connectivity index (χ1v) is 7.47. The second kappa shape index (κ2) is 5.94. The van der Waals surface area contributed by atoms with Crippen molar-refractivity contribution in [3.05, 3.63) is 16.1 Å². The molecule has 0 saturated heterocycles. The molecule has 0 aromatic carbocycles. The predicted molar refractivity (Wildman–Crippen MR) is 73.4 cm³/mol. The molecule has 0 bridgehead atoms. The fourth-order valence-electron chi connectivity index (χ4n) is 2.53. The van der Waals surface area contributed by atoms with Crippen LogP contribution in [0, 0.1) is 6.92 Å². The van der Waals surface area contributed by atoms with Crippen LogP contribution in [0.2, 0.25) is 0 Å². The fourth-order valence-corrected chi connectivity index (χ4v) is 3.18. The van der Waals surface area contributed by atoms with Gasteiger partial charge in [0.1, 0.15) is 0 Å². The Kier molecular flexibility index (Phi) is 4.54. The summed E-state index contributed by atoms with van der Waals surface area (Å²) < 4.78 is 0. The quantitative estimate of drug-likeness (QED) is 0.765. The molecule has 1 saturated carbocycles. The normalized spacial score (nSPS) is 18.7. The Balaban J connectivity index is 1.57. The molecule has 4 heteroatoms. The van der Waals surface area contributed by atoms with E-state index in [2.05, 4.69) is 22.6 Å². The Bertz CT molecular complexity index is 342. The monoisotopic (exact) mass is 253 g/mol. The maximum absolute atomic E-state index is 6.31. The molecule has 1 fully saturated rings. The van der Waals surface area contributed by atoms with Gasteiger partial charge in [-0.05, 0) is 32.7 Å². The summed E-state index contributed by atoms with van der Waals surface area (Å²) in [4.78, 5) is 4.45. The highest BCUT2D eigenvalue weighted by Crippen LogP contribution is 2.29. The highest BCUT2D eigenvalue weighted by atomic mass is 32.1. The van der Waals surface area contributed by atoms with E-state index in [1.165, 1.54) is 31.4 Å². The topological polar surface area (TPSA) is 50.9 Å². The molecule has 96 valence electrons. The molecule has 1 aliphatic rings. The van der Waals surface area contributed by atoms with Crippen LogP contribution in [0.5, 0.6) is 0 Å². The van der Waals surface area contributed by atoms with Gasteiger partial charge in [-0.2, -0.15) is 0 Å². The van der Waals surface area contributed by atoms with Crippen molar-refractivity contribution >= 4 is 11.3 Å². The fraction of sp³-hybridized carbons (Fsp3) is 0.769. The van der Waals surface area contributed by atoms with Crippen LogP contribution in [-0.4, -0.2) is 23.6 Å². The van der Waals surface area contributed by atoms with E-state index >= 15 is 0 Å². The number of aryl methyl sites for hydroxylation is 1. The number of rotatable bonds is 6. The summed E-state index contributed by atoms with van der Waals surface area (Å²) in [7, 11) is 0. The minimum atomic E-state index is 0.129. The minimum Gasteiger partial charge on any atom is -0.325 e. The third-order valence-electron chi connectivity index (χ3n) is 3.62. The lowest BCUT2D eigenvalue weighted by Gasteiger charge is -2.23. The van der Waals surface area contributed by atoms with E-state index in [0.717, 1.165) is 30.9 Å². The molecule has 3 nitrogen and oxygen atoms in total. The lowest BCUT2D eigenvalue weighted by atomic mass is 9.95. The summed E-state index contributed by atoms with van der Waals surface area (Å²) in [6, 6.07) is 0. The molecular weight excluding hydrogens is 230 g/mol. The summed E-state index contributed by atoms with van der Waals surface area (Å²) in [5.41, 5.74) is 7.65. The zero-order valence-corrected chi connectivity index (χ0v) is 11.5. The average Bonchev–Trinajstić information content (AvgIpc) is 2.88. The number of nitrogens with two attached hydrogens (primary N) is 1. The first kappa shape index (κ1) is 13.0. The van der Waals surface area contributed by atoms with Crippen LogP contribution >= 0.6 is 11.3 Å². The van der Waals surface area contributed by atoms with Crippen LogP contribution in [0.3, 0.4) is 0 Å². The Hall–Kier alpha value is -0.450. The third-order valence-corrected chi connectivity index (χ3v) is 4.45. The van der Waals surface area contributed by atoms with E-state index < -0.39 is 0 Å². The van der Waals surface area contributed by atoms with Gasteiger partial charge in [0, 0.05) is 23.9 Å². The number of hydrogen-bond acceptors (Lipinski definition) is 4. The predicted octanol–water partition coefficient (Wildman–Crippen LogP) is 2.25. The SMILES string of the molecule is Cc1nc(CCNCCC2(N)CCCC2)cs1. The standard InChI is InChI=1S/C13H23N3S/c1-11-16-12(10-17-11)4-8-15-9-7-13(14)5-2-3-6-13/h10,15H,2-9,14H2,1H3. The summed E-state index contributed by atoms with van der Waals surface area (Å²) >= 11 is 1.73. The molecule has 0 atom stereocenters. The van der Waals surface area contributed by atoms with Crippen molar-refractivity contribution in [2.45, 2.75) is 51.0 Å². The van der Waals surface area contributed by atoms with Gasteiger partial charge in [0.05, 0.1) is 10.7 Å². The van der Waals surface area contributed by atoms with Gasteiger partial charge in [0.2, 0.25) is 0 Å². The van der Waals surface area contributed by atoms with Crippen LogP contribution in [-0.2, 0) is 6.42 Å². The molecule has 0 radical (unpaired) electrons. The maximum Gasteiger partial charge on any atom is 0.0897 e. The average molecular weight is 253 g/mol. The highest BCUT2D eigenvalue weighted by molar-refractivity contribution is 7.09. The van der Waals surface area contributed by atoms with E-state index in [1.54, 1.807) is 11.3 Å². The van der Waals surface area contributed by atoms with Crippen molar-refractivity contribution in [1.29, 1.82) is 0 Å². The summed E-state index contributed by atoms with van der Waals surface area (Å²) in [6.45, 7) is 4.11. The number of hydrogen-bond donors (Lipinski definition) is 2. The van der Waals surface area contributed by atoms with Gasteiger partial charge in [-0.15, -0.1) is 11.3 Å². The van der Waals surface area contributed by atoms with Gasteiger partial charge >= 0.3 is 0 Å². The number of nitrogens with one attached hydrogen (secondary N) is 1. The molecule has 1 aliphatic carbocycles. The molecule has 0 unspecified atom stereocenters. The van der Waals surface area contributed by atoms with E-state index in [9.17, 15) is 0 Å². The minimum absolute atomic E-state index is 0.129. The summed E-state index contributed by atoms with van der Waals surface area (Å²) in [6.07, 6.45) is 7.19. The number of aromatic nitrogens is 1. The molecule has 0 spiro atoms. The third kappa shape index (κ3) is 4.05. The van der Waals surface area contributed by atoms with Crippen LogP contribution in [0.4, 0.5) is 0 Å². The largest absolute Gasteiger partial charge is 0.325 e. The zero-order chi connectivity index (χ0) is 12.1. The second-order valence-electron chi connectivity index (χ2n) is 5.18. The molecule has 0 aliphatic heterocycles. The van der Waals surface area contributed by atoms with Gasteiger partial charge in [0.25, 0.3) is 0 Å². The Morgan fingerprint density at radius 1 is 1.41 bits per heavy atom. The lowest BCUT2D eigenvalue weighted by molar-refractivity contribution is 0.394. The maximum atomic E-state index is 6.31. The first-order chi connectivity index (χ1) is 8.18. The van der Waals surface area contributed by atoms with Crippen LogP contribution < -0.4 is 11.1 Å². The highest BCUT2D eigenvalue weighted by Gasteiger charge is 2.28. The van der Waals surface area contributed by atoms with Crippen LogP contribution in [0.1, 0.15) is 42.8 Å². The lowest BCUT2D eigenvalue weighted by Crippen LogP contribution is -2.39. The molecular formula is C13H23N3S. The van der Waals surface area contributed by atoms with Gasteiger partial charge in [-0.3, -0.25) is 0 Å². The molecule has 1 aromatic rings. The van der Waals surface area contributed by atoms with E-state index in [4.69, 9.17) is 5.73 Å². The number of thiazole rings is 1. The molecule has 1 heterocycles. The van der Waals surface area contributed by atoms with Gasteiger partial charge in [0.15, 0.2) is 0 Å². The molecule has 1 aromatic heterocycles. The zero-order valence-electron chi connectivity index (χ0n) is 10.7. The number of nitrogens with zero attached hydrogens (tertiary/aromatic N) is 1. The Morgan fingerprint density at radius 2 is 2.18 bits per heavy atom. The second-order valence-corrected chi connectivity index (χ2v) is 6.24. The summed E-state index contributed by atoms with van der Waals surface area (Å²) in [5.74, 6) is 0. The molecule has 17 heavy (non-hydrogen) atoms. The van der Waals surface area contributed by atoms with E-state index in [1.807, 2.05) is 0 Å². The summed E-state index contributed by atoms with van der Waals surface area (Å²) in [5, 5.41) is 6.79. The van der Waals surface area contributed by atoms with E-state index in [-0.39, 0.29) is 5.54 Å². The van der Waals surface area contributed by atoms with Crippen molar-refractivity contribution in [3.63, 3.8) is 0 Å².